The Morgan fingerprint density at radius 3 is 3.00 bits per heavy atom. The number of aromatic nitrogens is 1. The van der Waals surface area contributed by atoms with Crippen molar-refractivity contribution in [3.05, 3.63) is 52.0 Å². The lowest BCUT2D eigenvalue weighted by molar-refractivity contribution is -0.00307. The molecule has 1 aromatic carbocycles. The van der Waals surface area contributed by atoms with E-state index in [2.05, 4.69) is 24.0 Å². The lowest BCUT2D eigenvalue weighted by Crippen LogP contribution is -2.48. The molecule has 2 heterocycles. The molecular formula is C17H20N2O2S. The van der Waals surface area contributed by atoms with Crippen LogP contribution in [0, 0.1) is 0 Å². The van der Waals surface area contributed by atoms with E-state index in [1.54, 1.807) is 11.3 Å². The third kappa shape index (κ3) is 3.36. The zero-order valence-electron chi connectivity index (χ0n) is 12.7. The summed E-state index contributed by atoms with van der Waals surface area (Å²) in [7, 11) is 0. The summed E-state index contributed by atoms with van der Waals surface area (Å²) in [6, 6.07) is 10.4. The minimum absolute atomic E-state index is 0.0331. The Bertz CT molecular complexity index is 627. The van der Waals surface area contributed by atoms with E-state index in [-0.39, 0.29) is 11.9 Å². The van der Waals surface area contributed by atoms with Gasteiger partial charge in [0.1, 0.15) is 5.69 Å². The number of carbonyl (C=O) groups excluding carboxylic acids is 1. The second kappa shape index (κ2) is 7.03. The van der Waals surface area contributed by atoms with Crippen LogP contribution in [0.5, 0.6) is 0 Å². The Kier molecular flexibility index (Phi) is 4.85. The highest BCUT2D eigenvalue weighted by Gasteiger charge is 2.28. The number of hydrogen-bond acceptors (Lipinski definition) is 4. The molecule has 0 radical (unpaired) electrons. The van der Waals surface area contributed by atoms with Crippen LogP contribution in [-0.2, 0) is 11.2 Å². The summed E-state index contributed by atoms with van der Waals surface area (Å²) >= 11 is 1.56. The molecule has 4 nitrogen and oxygen atoms in total. The standard InChI is InChI=1S/C17H20N2O2S/c1-2-14-11-21-9-8-19(14)17(20)15-12-22-16(18-15)10-13-6-4-3-5-7-13/h3-7,12,14H,2,8-11H2,1H3/t14-/m0/s1. The van der Waals surface area contributed by atoms with Gasteiger partial charge in [-0.1, -0.05) is 37.3 Å². The Morgan fingerprint density at radius 2 is 2.23 bits per heavy atom. The number of morpholine rings is 1. The molecule has 1 atom stereocenters. The average Bonchev–Trinajstić information content (AvgIpc) is 3.03. The number of amides is 1. The topological polar surface area (TPSA) is 42.4 Å². The predicted molar refractivity (Wildman–Crippen MR) is 87.3 cm³/mol. The van der Waals surface area contributed by atoms with Gasteiger partial charge in [-0.2, -0.15) is 0 Å². The highest BCUT2D eigenvalue weighted by molar-refractivity contribution is 7.09. The van der Waals surface area contributed by atoms with E-state index in [1.807, 2.05) is 28.5 Å². The molecule has 0 aliphatic carbocycles. The maximum atomic E-state index is 12.6. The number of ether oxygens (including phenoxy) is 1. The third-order valence-electron chi connectivity index (χ3n) is 3.93. The van der Waals surface area contributed by atoms with Gasteiger partial charge in [-0.05, 0) is 12.0 Å². The average molecular weight is 316 g/mol. The summed E-state index contributed by atoms with van der Waals surface area (Å²) in [6.07, 6.45) is 1.69. The van der Waals surface area contributed by atoms with Gasteiger partial charge in [0.05, 0.1) is 24.3 Å². The van der Waals surface area contributed by atoms with Crippen LogP contribution >= 0.6 is 11.3 Å². The number of benzene rings is 1. The molecule has 1 fully saturated rings. The number of carbonyl (C=O) groups is 1. The van der Waals surface area contributed by atoms with Gasteiger partial charge in [-0.25, -0.2) is 4.98 Å². The molecule has 2 aromatic rings. The van der Waals surface area contributed by atoms with Crippen molar-refractivity contribution >= 4 is 17.2 Å². The van der Waals surface area contributed by atoms with Crippen LogP contribution in [0.15, 0.2) is 35.7 Å². The van der Waals surface area contributed by atoms with Gasteiger partial charge in [0.2, 0.25) is 0 Å². The van der Waals surface area contributed by atoms with Gasteiger partial charge >= 0.3 is 0 Å². The van der Waals surface area contributed by atoms with Crippen LogP contribution in [0.4, 0.5) is 0 Å². The first kappa shape index (κ1) is 15.2. The number of rotatable bonds is 4. The van der Waals surface area contributed by atoms with Crippen molar-refractivity contribution in [1.82, 2.24) is 9.88 Å². The number of thiazole rings is 1. The van der Waals surface area contributed by atoms with Crippen LogP contribution in [-0.4, -0.2) is 41.6 Å². The zero-order valence-corrected chi connectivity index (χ0v) is 13.5. The van der Waals surface area contributed by atoms with Gasteiger partial charge in [0, 0.05) is 18.3 Å². The maximum absolute atomic E-state index is 12.6. The minimum Gasteiger partial charge on any atom is -0.377 e. The largest absolute Gasteiger partial charge is 0.377 e. The van der Waals surface area contributed by atoms with E-state index in [0.717, 1.165) is 17.8 Å². The van der Waals surface area contributed by atoms with E-state index >= 15 is 0 Å². The first-order valence-electron chi connectivity index (χ1n) is 7.65. The first-order chi connectivity index (χ1) is 10.8. The second-order valence-electron chi connectivity index (χ2n) is 5.42. The molecule has 0 spiro atoms. The van der Waals surface area contributed by atoms with Crippen molar-refractivity contribution in [2.45, 2.75) is 25.8 Å². The number of hydrogen-bond donors (Lipinski definition) is 0. The Balaban J connectivity index is 1.71. The monoisotopic (exact) mass is 316 g/mol. The molecule has 0 N–H and O–H groups in total. The van der Waals surface area contributed by atoms with E-state index < -0.39 is 0 Å². The summed E-state index contributed by atoms with van der Waals surface area (Å²) in [5.41, 5.74) is 1.78. The minimum atomic E-state index is 0.0331. The lowest BCUT2D eigenvalue weighted by Gasteiger charge is -2.34. The van der Waals surface area contributed by atoms with Gasteiger partial charge in [0.25, 0.3) is 5.91 Å². The molecule has 1 aliphatic rings. The van der Waals surface area contributed by atoms with Crippen molar-refractivity contribution in [3.63, 3.8) is 0 Å². The molecule has 3 rings (SSSR count). The molecule has 5 heteroatoms. The van der Waals surface area contributed by atoms with Crippen LogP contribution in [0.25, 0.3) is 0 Å². The number of nitrogens with zero attached hydrogens (tertiary/aromatic N) is 2. The smallest absolute Gasteiger partial charge is 0.273 e. The fraction of sp³-hybridized carbons (Fsp3) is 0.412. The molecule has 1 amide bonds. The van der Waals surface area contributed by atoms with Crippen molar-refractivity contribution in [2.75, 3.05) is 19.8 Å². The SMILES string of the molecule is CC[C@H]1COCCN1C(=O)c1csc(Cc2ccccc2)n1. The van der Waals surface area contributed by atoms with E-state index in [4.69, 9.17) is 4.74 Å². The lowest BCUT2D eigenvalue weighted by atomic mass is 10.1. The van der Waals surface area contributed by atoms with E-state index in [9.17, 15) is 4.79 Å². The quantitative estimate of drug-likeness (QED) is 0.871. The van der Waals surface area contributed by atoms with E-state index in [0.29, 0.717) is 25.5 Å². The molecule has 0 saturated carbocycles. The summed E-state index contributed by atoms with van der Waals surface area (Å²) in [5, 5.41) is 2.86. The molecule has 116 valence electrons. The highest BCUT2D eigenvalue weighted by atomic mass is 32.1. The zero-order chi connectivity index (χ0) is 15.4. The fourth-order valence-electron chi connectivity index (χ4n) is 2.67. The van der Waals surface area contributed by atoms with Crippen molar-refractivity contribution in [2.24, 2.45) is 0 Å². The Hall–Kier alpha value is -1.72. The summed E-state index contributed by atoms with van der Waals surface area (Å²) in [6.45, 7) is 3.98. The Labute approximate surface area is 134 Å². The molecular weight excluding hydrogens is 296 g/mol. The normalized spacial score (nSPS) is 18.4. The van der Waals surface area contributed by atoms with E-state index in [1.165, 1.54) is 5.56 Å². The molecule has 1 aromatic heterocycles. The van der Waals surface area contributed by atoms with Crippen molar-refractivity contribution in [3.8, 4) is 0 Å². The summed E-state index contributed by atoms with van der Waals surface area (Å²) < 4.78 is 5.46. The van der Waals surface area contributed by atoms with Crippen LogP contribution in [0.2, 0.25) is 0 Å². The van der Waals surface area contributed by atoms with Gasteiger partial charge in [-0.3, -0.25) is 4.79 Å². The molecule has 22 heavy (non-hydrogen) atoms. The van der Waals surface area contributed by atoms with Crippen LogP contribution in [0.3, 0.4) is 0 Å². The summed E-state index contributed by atoms with van der Waals surface area (Å²) in [4.78, 5) is 19.1. The van der Waals surface area contributed by atoms with Crippen molar-refractivity contribution in [1.29, 1.82) is 0 Å². The van der Waals surface area contributed by atoms with Crippen LogP contribution < -0.4 is 0 Å². The highest BCUT2D eigenvalue weighted by Crippen LogP contribution is 2.19. The van der Waals surface area contributed by atoms with Gasteiger partial charge in [0.15, 0.2) is 0 Å². The molecule has 1 saturated heterocycles. The fourth-order valence-corrected chi connectivity index (χ4v) is 3.47. The van der Waals surface area contributed by atoms with Crippen molar-refractivity contribution < 1.29 is 9.53 Å². The predicted octanol–water partition coefficient (Wildman–Crippen LogP) is 2.98. The van der Waals surface area contributed by atoms with Gasteiger partial charge in [-0.15, -0.1) is 11.3 Å². The molecule has 0 bridgehead atoms. The molecule has 1 aliphatic heterocycles. The second-order valence-corrected chi connectivity index (χ2v) is 6.37. The first-order valence-corrected chi connectivity index (χ1v) is 8.53. The Morgan fingerprint density at radius 1 is 1.41 bits per heavy atom. The summed E-state index contributed by atoms with van der Waals surface area (Å²) in [5.74, 6) is 0.0331. The van der Waals surface area contributed by atoms with Crippen LogP contribution in [0.1, 0.15) is 34.4 Å². The van der Waals surface area contributed by atoms with Gasteiger partial charge < -0.3 is 9.64 Å². The third-order valence-corrected chi connectivity index (χ3v) is 4.78. The molecule has 0 unspecified atom stereocenters. The maximum Gasteiger partial charge on any atom is 0.273 e.